The highest BCUT2D eigenvalue weighted by Crippen LogP contribution is 2.15. The minimum atomic E-state index is -1.56. The van der Waals surface area contributed by atoms with Gasteiger partial charge in [0.25, 0.3) is 0 Å². The van der Waals surface area contributed by atoms with Crippen LogP contribution >= 0.6 is 0 Å². The van der Waals surface area contributed by atoms with E-state index in [1.165, 1.54) is 18.2 Å². The van der Waals surface area contributed by atoms with Crippen molar-refractivity contribution in [3.05, 3.63) is 35.6 Å². The molecule has 6 heteroatoms. The second kappa shape index (κ2) is 7.85. The number of aldehydes is 1. The van der Waals surface area contributed by atoms with Crippen LogP contribution in [0.2, 0.25) is 0 Å². The maximum absolute atomic E-state index is 13.7. The quantitative estimate of drug-likeness (QED) is 0.611. The Kier molecular flexibility index (Phi) is 6.45. The number of rotatable bonds is 8. The van der Waals surface area contributed by atoms with Crippen LogP contribution in [-0.4, -0.2) is 35.5 Å². The second-order valence-electron chi connectivity index (χ2n) is 5.08. The Morgan fingerprint density at radius 2 is 2.19 bits per heavy atom. The number of hydrogen-bond donors (Lipinski definition) is 3. The van der Waals surface area contributed by atoms with Crippen LogP contribution in [0.3, 0.4) is 0 Å². The molecule has 116 valence electrons. The Bertz CT molecular complexity index is 496. The molecule has 0 aromatic heterocycles. The molecular formula is C15H21FN2O3. The van der Waals surface area contributed by atoms with Crippen LogP contribution in [0, 0.1) is 5.82 Å². The number of hydrogen-bond acceptors (Lipinski definition) is 4. The fraction of sp³-hybridized carbons (Fsp3) is 0.467. The summed E-state index contributed by atoms with van der Waals surface area (Å²) in [6.45, 7) is 1.25. The average molecular weight is 296 g/mol. The van der Waals surface area contributed by atoms with Gasteiger partial charge >= 0.3 is 0 Å². The predicted octanol–water partition coefficient (Wildman–Crippen LogP) is 0.542. The molecule has 0 aliphatic carbocycles. The van der Waals surface area contributed by atoms with E-state index < -0.39 is 29.9 Å². The number of nitrogens with two attached hydrogens (primary N) is 1. The molecule has 5 nitrogen and oxygen atoms in total. The minimum Gasteiger partial charge on any atom is -0.393 e. The molecule has 1 unspecified atom stereocenters. The number of amides is 1. The van der Waals surface area contributed by atoms with Crippen molar-refractivity contribution in [2.45, 2.75) is 37.8 Å². The van der Waals surface area contributed by atoms with Gasteiger partial charge < -0.3 is 21.0 Å². The topological polar surface area (TPSA) is 92.4 Å². The monoisotopic (exact) mass is 296 g/mol. The van der Waals surface area contributed by atoms with E-state index in [0.29, 0.717) is 12.7 Å². The lowest BCUT2D eigenvalue weighted by molar-refractivity contribution is -0.129. The van der Waals surface area contributed by atoms with Gasteiger partial charge in [0.1, 0.15) is 17.6 Å². The number of carbonyl (C=O) groups is 2. The van der Waals surface area contributed by atoms with Gasteiger partial charge in [-0.15, -0.1) is 0 Å². The molecule has 0 saturated carbocycles. The predicted molar refractivity (Wildman–Crippen MR) is 77.0 cm³/mol. The number of nitrogens with one attached hydrogen (secondary N) is 1. The van der Waals surface area contributed by atoms with Crippen LogP contribution in [0.4, 0.5) is 4.39 Å². The second-order valence-corrected chi connectivity index (χ2v) is 5.08. The van der Waals surface area contributed by atoms with E-state index in [0.717, 1.165) is 6.42 Å². The first-order valence-electron chi connectivity index (χ1n) is 6.86. The molecule has 1 aromatic rings. The van der Waals surface area contributed by atoms with Gasteiger partial charge in [0.15, 0.2) is 0 Å². The zero-order chi connectivity index (χ0) is 15.9. The van der Waals surface area contributed by atoms with Crippen molar-refractivity contribution in [1.82, 2.24) is 5.32 Å². The Balaban J connectivity index is 2.91. The molecule has 21 heavy (non-hydrogen) atoms. The van der Waals surface area contributed by atoms with Crippen molar-refractivity contribution in [3.63, 3.8) is 0 Å². The SMILES string of the molecule is CCC[C@H](N)C(=O)NC(C=O)(CO)Cc1ccccc1F. The molecule has 4 N–H and O–H groups in total. The van der Waals surface area contributed by atoms with E-state index in [2.05, 4.69) is 5.32 Å². The lowest BCUT2D eigenvalue weighted by Crippen LogP contribution is -2.58. The molecule has 2 atom stereocenters. The van der Waals surface area contributed by atoms with Crippen LogP contribution in [0.15, 0.2) is 24.3 Å². The van der Waals surface area contributed by atoms with E-state index in [1.807, 2.05) is 6.92 Å². The first-order valence-corrected chi connectivity index (χ1v) is 6.86. The van der Waals surface area contributed by atoms with Crippen LogP contribution in [0.25, 0.3) is 0 Å². The van der Waals surface area contributed by atoms with Gasteiger partial charge in [-0.05, 0) is 18.1 Å². The van der Waals surface area contributed by atoms with E-state index in [9.17, 15) is 19.1 Å². The van der Waals surface area contributed by atoms with E-state index in [1.54, 1.807) is 6.07 Å². The zero-order valence-electron chi connectivity index (χ0n) is 12.0. The standard InChI is InChI=1S/C15H21FN2O3/c1-2-5-13(17)14(21)18-15(9-19,10-20)8-11-6-3-4-7-12(11)16/h3-4,6-7,9,13,20H,2,5,8,10,17H2,1H3,(H,18,21)/t13-,15?/m0/s1. The fourth-order valence-corrected chi connectivity index (χ4v) is 2.01. The molecule has 0 spiro atoms. The highest BCUT2D eigenvalue weighted by Gasteiger charge is 2.33. The number of carbonyl (C=O) groups excluding carboxylic acids is 2. The summed E-state index contributed by atoms with van der Waals surface area (Å²) in [5.74, 6) is -1.03. The number of aliphatic hydroxyl groups excluding tert-OH is 1. The van der Waals surface area contributed by atoms with Gasteiger partial charge in [-0.2, -0.15) is 0 Å². The van der Waals surface area contributed by atoms with Crippen LogP contribution < -0.4 is 11.1 Å². The maximum atomic E-state index is 13.7. The molecule has 1 rings (SSSR count). The molecule has 0 aliphatic rings. The first-order chi connectivity index (χ1) is 9.98. The van der Waals surface area contributed by atoms with Crippen LogP contribution in [0.5, 0.6) is 0 Å². The molecule has 0 saturated heterocycles. The van der Waals surface area contributed by atoms with E-state index >= 15 is 0 Å². The zero-order valence-corrected chi connectivity index (χ0v) is 12.0. The van der Waals surface area contributed by atoms with Crippen LogP contribution in [-0.2, 0) is 16.0 Å². The normalized spacial score (nSPS) is 15.0. The Hall–Kier alpha value is -1.79. The molecule has 1 aromatic carbocycles. The lowest BCUT2D eigenvalue weighted by atomic mass is 9.92. The van der Waals surface area contributed by atoms with Crippen molar-refractivity contribution in [2.75, 3.05) is 6.61 Å². The Morgan fingerprint density at radius 1 is 1.52 bits per heavy atom. The number of aliphatic hydroxyl groups is 1. The minimum absolute atomic E-state index is 0.135. The van der Waals surface area contributed by atoms with Gasteiger partial charge in [-0.25, -0.2) is 4.39 Å². The maximum Gasteiger partial charge on any atom is 0.237 e. The molecule has 0 radical (unpaired) electrons. The molecule has 1 amide bonds. The fourth-order valence-electron chi connectivity index (χ4n) is 2.01. The summed E-state index contributed by atoms with van der Waals surface area (Å²) in [6, 6.07) is 5.14. The molecule has 0 fully saturated rings. The summed E-state index contributed by atoms with van der Waals surface area (Å²) in [4.78, 5) is 23.3. The molecule has 0 aliphatic heterocycles. The van der Waals surface area contributed by atoms with Gasteiger partial charge in [0, 0.05) is 6.42 Å². The summed E-state index contributed by atoms with van der Waals surface area (Å²) in [7, 11) is 0. The molecular weight excluding hydrogens is 275 g/mol. The van der Waals surface area contributed by atoms with Gasteiger partial charge in [0.2, 0.25) is 5.91 Å². The van der Waals surface area contributed by atoms with Crippen LogP contribution in [0.1, 0.15) is 25.3 Å². The summed E-state index contributed by atoms with van der Waals surface area (Å²) >= 11 is 0. The number of benzene rings is 1. The summed E-state index contributed by atoms with van der Waals surface area (Å²) in [6.07, 6.45) is 1.47. The van der Waals surface area contributed by atoms with Gasteiger partial charge in [-0.3, -0.25) is 4.79 Å². The van der Waals surface area contributed by atoms with E-state index in [4.69, 9.17) is 5.73 Å². The number of halogens is 1. The smallest absolute Gasteiger partial charge is 0.237 e. The third-order valence-corrected chi connectivity index (χ3v) is 3.28. The highest BCUT2D eigenvalue weighted by molar-refractivity contribution is 5.86. The van der Waals surface area contributed by atoms with Crippen molar-refractivity contribution >= 4 is 12.2 Å². The molecule has 0 heterocycles. The third kappa shape index (κ3) is 4.61. The Labute approximate surface area is 123 Å². The first kappa shape index (κ1) is 17.3. The lowest BCUT2D eigenvalue weighted by Gasteiger charge is -2.28. The van der Waals surface area contributed by atoms with Crippen molar-refractivity contribution in [2.24, 2.45) is 5.73 Å². The Morgan fingerprint density at radius 3 is 2.71 bits per heavy atom. The summed E-state index contributed by atoms with van der Waals surface area (Å²) in [5, 5.41) is 11.9. The largest absolute Gasteiger partial charge is 0.393 e. The third-order valence-electron chi connectivity index (χ3n) is 3.28. The average Bonchev–Trinajstić information content (AvgIpc) is 2.49. The summed E-state index contributed by atoms with van der Waals surface area (Å²) < 4.78 is 13.7. The highest BCUT2D eigenvalue weighted by atomic mass is 19.1. The van der Waals surface area contributed by atoms with Crippen molar-refractivity contribution in [3.8, 4) is 0 Å². The van der Waals surface area contributed by atoms with Crippen molar-refractivity contribution < 1.29 is 19.1 Å². The van der Waals surface area contributed by atoms with Gasteiger partial charge in [-0.1, -0.05) is 31.5 Å². The summed E-state index contributed by atoms with van der Waals surface area (Å²) in [5.41, 5.74) is 4.36. The molecule has 0 bridgehead atoms. The van der Waals surface area contributed by atoms with Gasteiger partial charge in [0.05, 0.1) is 12.6 Å². The van der Waals surface area contributed by atoms with Crippen molar-refractivity contribution in [1.29, 1.82) is 0 Å². The van der Waals surface area contributed by atoms with E-state index in [-0.39, 0.29) is 12.0 Å².